The molecule has 2 atom stereocenters. The standard InChI is InChI=1S/C23H25P/c1-23(2)19-14-13-18(22(23)17-19)15-16-24(20-9-5-3-6-10-20)21-11-7-4-8-12-21/h3-13,15-16,19,22H,14,17H2,1-2H3/b16-15+. The first-order valence-electron chi connectivity index (χ1n) is 8.94. The highest BCUT2D eigenvalue weighted by Crippen LogP contribution is 2.59. The van der Waals surface area contributed by atoms with Crippen molar-refractivity contribution in [1.82, 2.24) is 0 Å². The lowest BCUT2D eigenvalue weighted by molar-refractivity contribution is -0.00327. The maximum Gasteiger partial charge on any atom is -0.0108 e. The van der Waals surface area contributed by atoms with Gasteiger partial charge >= 0.3 is 0 Å². The SMILES string of the molecule is CC1(C)C2CC=C(/C=C/P(c3ccccc3)c3ccccc3)C1C2. The van der Waals surface area contributed by atoms with E-state index in [1.807, 2.05) is 0 Å². The predicted octanol–water partition coefficient (Wildman–Crippen LogP) is 5.63. The van der Waals surface area contributed by atoms with Crippen molar-refractivity contribution in [2.75, 3.05) is 0 Å². The Kier molecular flexibility index (Phi) is 4.19. The van der Waals surface area contributed by atoms with Gasteiger partial charge in [0.25, 0.3) is 0 Å². The summed E-state index contributed by atoms with van der Waals surface area (Å²) in [6.45, 7) is 4.90. The van der Waals surface area contributed by atoms with Crippen molar-refractivity contribution in [2.24, 2.45) is 17.3 Å². The molecule has 0 heterocycles. The van der Waals surface area contributed by atoms with E-state index < -0.39 is 7.92 Å². The minimum atomic E-state index is -0.430. The van der Waals surface area contributed by atoms with E-state index >= 15 is 0 Å². The Bertz CT molecular complexity index is 716. The maximum absolute atomic E-state index is 2.49. The third-order valence-corrected chi connectivity index (χ3v) is 8.15. The first-order chi connectivity index (χ1) is 11.7. The molecule has 2 unspecified atom stereocenters. The van der Waals surface area contributed by atoms with Gasteiger partial charge in [0.15, 0.2) is 0 Å². The Hall–Kier alpha value is -1.65. The fraction of sp³-hybridized carbons (Fsp3) is 0.304. The van der Waals surface area contributed by atoms with Crippen LogP contribution < -0.4 is 10.6 Å². The molecule has 0 aromatic heterocycles. The molecule has 0 nitrogen and oxygen atoms in total. The van der Waals surface area contributed by atoms with Crippen LogP contribution in [0.1, 0.15) is 26.7 Å². The second-order valence-electron chi connectivity index (χ2n) is 7.60. The molecule has 3 aliphatic carbocycles. The molecule has 2 aromatic carbocycles. The highest BCUT2D eigenvalue weighted by Gasteiger charge is 2.50. The molecule has 1 heteroatoms. The number of benzene rings is 2. The number of hydrogen-bond acceptors (Lipinski definition) is 0. The van der Waals surface area contributed by atoms with Gasteiger partial charge in [0.2, 0.25) is 0 Å². The molecular weight excluding hydrogens is 307 g/mol. The summed E-state index contributed by atoms with van der Waals surface area (Å²) >= 11 is 0. The molecule has 1 saturated carbocycles. The van der Waals surface area contributed by atoms with E-state index in [1.54, 1.807) is 5.57 Å². The molecule has 2 aromatic rings. The summed E-state index contributed by atoms with van der Waals surface area (Å²) in [4.78, 5) is 0. The van der Waals surface area contributed by atoms with Gasteiger partial charge in [-0.3, -0.25) is 0 Å². The number of rotatable bonds is 4. The maximum atomic E-state index is 2.49. The lowest BCUT2D eigenvalue weighted by Gasteiger charge is -2.56. The van der Waals surface area contributed by atoms with Crippen LogP contribution in [0.25, 0.3) is 0 Å². The summed E-state index contributed by atoms with van der Waals surface area (Å²) in [7, 11) is -0.430. The smallest absolute Gasteiger partial charge is 0.0108 e. The van der Waals surface area contributed by atoms with Crippen molar-refractivity contribution in [3.05, 3.63) is 84.2 Å². The molecule has 0 radical (unpaired) electrons. The minimum Gasteiger partial charge on any atom is -0.0807 e. The van der Waals surface area contributed by atoms with Crippen molar-refractivity contribution in [3.8, 4) is 0 Å². The minimum absolute atomic E-state index is 0.430. The Morgan fingerprint density at radius 1 is 0.917 bits per heavy atom. The number of allylic oxidation sites excluding steroid dienone is 3. The van der Waals surface area contributed by atoms with Crippen molar-refractivity contribution in [1.29, 1.82) is 0 Å². The zero-order chi connectivity index (χ0) is 16.6. The Morgan fingerprint density at radius 2 is 1.50 bits per heavy atom. The van der Waals surface area contributed by atoms with Gasteiger partial charge in [-0.1, -0.05) is 92.5 Å². The second kappa shape index (κ2) is 6.34. The summed E-state index contributed by atoms with van der Waals surface area (Å²) in [5, 5.41) is 2.86. The third-order valence-electron chi connectivity index (χ3n) is 6.00. The quantitative estimate of drug-likeness (QED) is 0.637. The van der Waals surface area contributed by atoms with Gasteiger partial charge in [-0.05, 0) is 54.2 Å². The Morgan fingerprint density at radius 3 is 2.00 bits per heavy atom. The highest BCUT2D eigenvalue weighted by molar-refractivity contribution is 7.75. The first-order valence-corrected chi connectivity index (χ1v) is 10.3. The van der Waals surface area contributed by atoms with Crippen molar-refractivity contribution >= 4 is 18.5 Å². The second-order valence-corrected chi connectivity index (χ2v) is 9.67. The summed E-state index contributed by atoms with van der Waals surface area (Å²) < 4.78 is 0. The molecule has 0 amide bonds. The predicted molar refractivity (Wildman–Crippen MR) is 106 cm³/mol. The zero-order valence-electron chi connectivity index (χ0n) is 14.5. The van der Waals surface area contributed by atoms with E-state index in [1.165, 1.54) is 23.5 Å². The summed E-state index contributed by atoms with van der Waals surface area (Å²) in [5.41, 5.74) is 2.07. The van der Waals surface area contributed by atoms with Crippen LogP contribution in [0.15, 0.2) is 84.2 Å². The van der Waals surface area contributed by atoms with Crippen LogP contribution >= 0.6 is 7.92 Å². The zero-order valence-corrected chi connectivity index (χ0v) is 15.4. The van der Waals surface area contributed by atoms with E-state index in [9.17, 15) is 0 Å². The molecule has 2 bridgehead atoms. The fourth-order valence-corrected chi connectivity index (χ4v) is 6.20. The first kappa shape index (κ1) is 15.9. The van der Waals surface area contributed by atoms with E-state index in [0.29, 0.717) is 5.41 Å². The topological polar surface area (TPSA) is 0 Å². The number of hydrogen-bond donors (Lipinski definition) is 0. The van der Waals surface area contributed by atoms with Crippen LogP contribution in [0.4, 0.5) is 0 Å². The lowest BCUT2D eigenvalue weighted by Crippen LogP contribution is -2.47. The largest absolute Gasteiger partial charge is 0.0807 e. The van der Waals surface area contributed by atoms with Gasteiger partial charge < -0.3 is 0 Å². The Labute approximate surface area is 147 Å². The number of fused-ring (bicyclic) bond motifs is 1. The Balaban J connectivity index is 1.65. The molecule has 122 valence electrons. The molecule has 3 aliphatic rings. The monoisotopic (exact) mass is 332 g/mol. The fourth-order valence-electron chi connectivity index (χ4n) is 4.25. The van der Waals surface area contributed by atoms with E-state index in [0.717, 1.165) is 11.8 Å². The van der Waals surface area contributed by atoms with Gasteiger partial charge in [0.05, 0.1) is 0 Å². The molecule has 0 saturated heterocycles. The van der Waals surface area contributed by atoms with Gasteiger partial charge in [-0.15, -0.1) is 0 Å². The van der Waals surface area contributed by atoms with Crippen molar-refractivity contribution in [3.63, 3.8) is 0 Å². The molecule has 1 fully saturated rings. The summed E-state index contributed by atoms with van der Waals surface area (Å²) in [6.07, 6.45) is 7.58. The van der Waals surface area contributed by atoms with Gasteiger partial charge in [0.1, 0.15) is 0 Å². The van der Waals surface area contributed by atoms with Gasteiger partial charge in [-0.2, -0.15) is 0 Å². The van der Waals surface area contributed by atoms with Crippen molar-refractivity contribution < 1.29 is 0 Å². The summed E-state index contributed by atoms with van der Waals surface area (Å²) in [5.74, 6) is 4.14. The molecule has 0 N–H and O–H groups in total. The van der Waals surface area contributed by atoms with Crippen LogP contribution in [0.3, 0.4) is 0 Å². The lowest BCUT2D eigenvalue weighted by atomic mass is 9.49. The van der Waals surface area contributed by atoms with Crippen molar-refractivity contribution in [2.45, 2.75) is 26.7 Å². The summed E-state index contributed by atoms with van der Waals surface area (Å²) in [6, 6.07) is 21.9. The van der Waals surface area contributed by atoms with E-state index in [2.05, 4.69) is 92.5 Å². The highest BCUT2D eigenvalue weighted by atomic mass is 31.1. The molecule has 0 spiro atoms. The molecule has 5 rings (SSSR count). The van der Waals surface area contributed by atoms with Crippen LogP contribution in [0, 0.1) is 17.3 Å². The normalized spacial score (nSPS) is 24.7. The van der Waals surface area contributed by atoms with E-state index in [-0.39, 0.29) is 0 Å². The third kappa shape index (κ3) is 2.78. The average Bonchev–Trinajstić information content (AvgIpc) is 2.63. The van der Waals surface area contributed by atoms with Gasteiger partial charge in [0, 0.05) is 0 Å². The van der Waals surface area contributed by atoms with Crippen LogP contribution in [-0.2, 0) is 0 Å². The molecule has 0 aliphatic heterocycles. The molecule has 24 heavy (non-hydrogen) atoms. The van der Waals surface area contributed by atoms with Crippen LogP contribution in [-0.4, -0.2) is 0 Å². The molecular formula is C23H25P. The van der Waals surface area contributed by atoms with Crippen LogP contribution in [0.2, 0.25) is 0 Å². The van der Waals surface area contributed by atoms with E-state index in [4.69, 9.17) is 0 Å². The van der Waals surface area contributed by atoms with Gasteiger partial charge in [-0.25, -0.2) is 0 Å². The van der Waals surface area contributed by atoms with Crippen LogP contribution in [0.5, 0.6) is 0 Å². The average molecular weight is 332 g/mol.